The number of anilines is 1. The van der Waals surface area contributed by atoms with E-state index in [2.05, 4.69) is 45.1 Å². The molecule has 2 aromatic heterocycles. The standard InChI is InChI=1S/C41H59N10O25P3S2/c1-41(2,19-73-79(68,69)76-78(66,67)72-18-26-32(75-77(63,64)65)31(56)39(74-26)50-21-48-30-34(42)46-20-47-35(30)50)33(57)38(60)45-13-11-27(52)43-15-17-80-29(55)12-14-44-37(59)25-4-3-16-51(25)81(70,71)23-7-5-22(6-8-23)36(58)49-24(40(61)62)9-10-28(53)54/h5-8,20-21,24-26,31-33,39,56-57H,3-4,9-19H2,1-2H3,(H,43,52)(H,44,59)(H,45,60)(H,49,58)(H,53,54)(H,61,62)(H,66,67)(H,68,69)(H2,42,46,47)(H2,63,64,65). The number of imidazole rings is 1. The number of carboxylic acid groups (broad SMARTS) is 2. The molecule has 2 aliphatic rings. The summed E-state index contributed by atoms with van der Waals surface area (Å²) in [5, 5.41) is 49.0. The lowest BCUT2D eigenvalue weighted by Crippen LogP contribution is -2.46. The number of fused-ring (bicyclic) bond motifs is 1. The molecule has 40 heteroatoms. The zero-order valence-corrected chi connectivity index (χ0v) is 47.0. The normalized spacial score (nSPS) is 21.1. The molecule has 1 aromatic carbocycles. The third-order valence-corrected chi connectivity index (χ3v) is 17.8. The molecule has 2 saturated heterocycles. The van der Waals surface area contributed by atoms with Gasteiger partial charge in [0.25, 0.3) is 5.91 Å². The molecule has 9 atom stereocenters. The van der Waals surface area contributed by atoms with Crippen molar-refractivity contribution >= 4 is 103 Å². The molecule has 2 aliphatic heterocycles. The number of hydrogen-bond acceptors (Lipinski definition) is 24. The quantitative estimate of drug-likeness (QED) is 0.0246. The number of thioether (sulfide) groups is 1. The number of ether oxygens (including phenoxy) is 1. The maximum atomic E-state index is 13.5. The van der Waals surface area contributed by atoms with Gasteiger partial charge in [-0.2, -0.15) is 8.62 Å². The highest BCUT2D eigenvalue weighted by atomic mass is 32.2. The van der Waals surface area contributed by atoms with Gasteiger partial charge >= 0.3 is 35.4 Å². The topological polar surface area (TPSA) is 534 Å². The Hall–Kier alpha value is -5.43. The second-order valence-corrected chi connectivity index (χ2v) is 25.7. The van der Waals surface area contributed by atoms with Crippen LogP contribution in [0.3, 0.4) is 0 Å². The van der Waals surface area contributed by atoms with E-state index < -0.39 is 137 Å². The average Bonchev–Trinajstić information content (AvgIpc) is 4.13. The van der Waals surface area contributed by atoms with Crippen LogP contribution in [-0.4, -0.2) is 195 Å². The molecule has 35 nitrogen and oxygen atoms in total. The van der Waals surface area contributed by atoms with Crippen LogP contribution in [0.4, 0.5) is 5.82 Å². The number of aliphatic hydroxyl groups is 2. The van der Waals surface area contributed by atoms with Gasteiger partial charge in [-0.3, -0.25) is 46.9 Å². The number of nitrogens with one attached hydrogen (secondary N) is 4. The van der Waals surface area contributed by atoms with E-state index in [4.69, 9.17) is 24.6 Å². The van der Waals surface area contributed by atoms with Gasteiger partial charge in [0.1, 0.15) is 48.3 Å². The minimum Gasteiger partial charge on any atom is -0.481 e. The minimum absolute atomic E-state index is 0.00130. The number of nitrogen functional groups attached to an aromatic ring is 1. The number of phosphoric acid groups is 3. The molecule has 0 radical (unpaired) electrons. The van der Waals surface area contributed by atoms with Crippen LogP contribution in [0.1, 0.15) is 69.0 Å². The number of aliphatic carboxylic acids is 2. The van der Waals surface area contributed by atoms with E-state index in [1.807, 2.05) is 0 Å². The van der Waals surface area contributed by atoms with Gasteiger partial charge in [0.05, 0.1) is 24.4 Å². The second kappa shape index (κ2) is 28.2. The van der Waals surface area contributed by atoms with Crippen molar-refractivity contribution in [3.8, 4) is 0 Å². The number of carboxylic acids is 2. The number of sulfonamides is 1. The number of hydrogen-bond donors (Lipinski definition) is 13. The summed E-state index contributed by atoms with van der Waals surface area (Å²) in [5.41, 5.74) is 4.02. The summed E-state index contributed by atoms with van der Waals surface area (Å²) in [5.74, 6) is -5.88. The maximum Gasteiger partial charge on any atom is 0.481 e. The van der Waals surface area contributed by atoms with E-state index in [1.165, 1.54) is 13.8 Å². The van der Waals surface area contributed by atoms with Gasteiger partial charge in [-0.1, -0.05) is 25.6 Å². The Kier molecular flexibility index (Phi) is 23.1. The third-order valence-electron chi connectivity index (χ3n) is 11.9. The molecule has 0 spiro atoms. The van der Waals surface area contributed by atoms with Crippen LogP contribution in [0.25, 0.3) is 11.2 Å². The lowest BCUT2D eigenvalue weighted by atomic mass is 9.87. The second-order valence-electron chi connectivity index (χ2n) is 18.4. The number of aliphatic hydroxyl groups excluding tert-OH is 2. The predicted octanol–water partition coefficient (Wildman–Crippen LogP) is -1.93. The van der Waals surface area contributed by atoms with E-state index in [9.17, 15) is 90.6 Å². The first-order chi connectivity index (χ1) is 37.7. The number of nitrogens with zero attached hydrogens (tertiary/aromatic N) is 5. The molecule has 450 valence electrons. The van der Waals surface area contributed by atoms with Crippen LogP contribution < -0.4 is 27.0 Å². The van der Waals surface area contributed by atoms with Crippen molar-refractivity contribution < 1.29 is 118 Å². The molecule has 2 fully saturated rings. The van der Waals surface area contributed by atoms with E-state index in [-0.39, 0.29) is 90.2 Å². The van der Waals surface area contributed by atoms with Crippen LogP contribution >= 0.6 is 35.2 Å². The number of nitrogens with two attached hydrogens (primary N) is 1. The monoisotopic (exact) mass is 1250 g/mol. The first-order valence-corrected chi connectivity index (χ1v) is 30.9. The summed E-state index contributed by atoms with van der Waals surface area (Å²) in [4.78, 5) is 137. The van der Waals surface area contributed by atoms with Crippen LogP contribution in [0.5, 0.6) is 0 Å². The van der Waals surface area contributed by atoms with Crippen molar-refractivity contribution in [1.82, 2.24) is 45.1 Å². The number of benzene rings is 1. The van der Waals surface area contributed by atoms with Crippen LogP contribution in [0, 0.1) is 5.41 Å². The van der Waals surface area contributed by atoms with Gasteiger partial charge in [0, 0.05) is 62.2 Å². The molecule has 0 bridgehead atoms. The first kappa shape index (κ1) is 66.4. The van der Waals surface area contributed by atoms with Gasteiger partial charge in [0.2, 0.25) is 27.7 Å². The van der Waals surface area contributed by atoms with Crippen molar-refractivity contribution in [3.05, 3.63) is 42.5 Å². The summed E-state index contributed by atoms with van der Waals surface area (Å²) in [6.45, 7) is -0.224. The van der Waals surface area contributed by atoms with Gasteiger partial charge in [-0.05, 0) is 43.5 Å². The van der Waals surface area contributed by atoms with Crippen LogP contribution in [-0.2, 0) is 75.1 Å². The Morgan fingerprint density at radius 1 is 0.914 bits per heavy atom. The summed E-state index contributed by atoms with van der Waals surface area (Å²) >= 11 is 0.829. The number of carbonyl (C=O) groups is 7. The maximum absolute atomic E-state index is 13.5. The number of rotatable bonds is 31. The van der Waals surface area contributed by atoms with Crippen LogP contribution in [0.15, 0.2) is 41.8 Å². The number of aromatic nitrogens is 4. The third kappa shape index (κ3) is 19.1. The fourth-order valence-electron chi connectivity index (χ4n) is 7.74. The predicted molar refractivity (Wildman–Crippen MR) is 274 cm³/mol. The summed E-state index contributed by atoms with van der Waals surface area (Å²) in [7, 11) is -20.9. The van der Waals surface area contributed by atoms with E-state index in [0.29, 0.717) is 6.42 Å². The Morgan fingerprint density at radius 2 is 1.58 bits per heavy atom. The highest BCUT2D eigenvalue weighted by Gasteiger charge is 2.50. The molecule has 0 saturated carbocycles. The molecule has 14 N–H and O–H groups in total. The smallest absolute Gasteiger partial charge is 0.481 e. The van der Waals surface area contributed by atoms with Gasteiger partial charge in [-0.25, -0.2) is 41.9 Å². The van der Waals surface area contributed by atoms with Gasteiger partial charge in [0.15, 0.2) is 22.8 Å². The zero-order valence-electron chi connectivity index (χ0n) is 42.7. The number of phosphoric ester groups is 3. The number of carbonyl (C=O) groups excluding carboxylic acids is 5. The summed E-state index contributed by atoms with van der Waals surface area (Å²) < 4.78 is 90.4. The lowest BCUT2D eigenvalue weighted by Gasteiger charge is -2.30. The first-order valence-electron chi connectivity index (χ1n) is 23.9. The molecule has 4 heterocycles. The van der Waals surface area contributed by atoms with Crippen molar-refractivity contribution in [3.63, 3.8) is 0 Å². The van der Waals surface area contributed by atoms with E-state index in [1.54, 1.807) is 0 Å². The van der Waals surface area contributed by atoms with Crippen molar-refractivity contribution in [1.29, 1.82) is 0 Å². The SMILES string of the molecule is CC(C)(COP(=O)(O)OP(=O)(O)OCC1OC(n2cnc3c(N)ncnc32)C(O)C1OP(=O)(O)O)C(O)C(=O)NCCC(=O)NCCSC(=O)CCNC(=O)C1CCCN1S(=O)(=O)c1ccc(C(=O)NC(CCC(=O)O)C(=O)O)cc1. The number of amides is 4. The average molecular weight is 1250 g/mol. The summed E-state index contributed by atoms with van der Waals surface area (Å²) in [6.07, 6.45) is -7.94. The molecule has 4 amide bonds. The molecule has 81 heavy (non-hydrogen) atoms. The molecule has 0 aliphatic carbocycles. The highest BCUT2D eigenvalue weighted by Crippen LogP contribution is 2.61. The van der Waals surface area contributed by atoms with Gasteiger partial charge in [-0.15, -0.1) is 0 Å². The van der Waals surface area contributed by atoms with Crippen molar-refractivity contribution in [2.24, 2.45) is 5.41 Å². The fourth-order valence-corrected chi connectivity index (χ4v) is 12.9. The molecular formula is C41H59N10O25P3S2. The largest absolute Gasteiger partial charge is 0.481 e. The molecular weight excluding hydrogens is 1190 g/mol. The lowest BCUT2D eigenvalue weighted by molar-refractivity contribution is -0.141. The molecule has 3 aromatic rings. The zero-order chi connectivity index (χ0) is 60.3. The molecule has 9 unspecified atom stereocenters. The Balaban J connectivity index is 0.971. The summed E-state index contributed by atoms with van der Waals surface area (Å²) in [6, 6.07) is 1.86. The highest BCUT2D eigenvalue weighted by molar-refractivity contribution is 8.13. The Bertz CT molecular complexity index is 3060. The molecule has 5 rings (SSSR count). The van der Waals surface area contributed by atoms with Crippen LogP contribution in [0.2, 0.25) is 0 Å². The Morgan fingerprint density at radius 3 is 2.23 bits per heavy atom. The van der Waals surface area contributed by atoms with Gasteiger partial charge < -0.3 is 71.7 Å². The van der Waals surface area contributed by atoms with E-state index in [0.717, 1.165) is 57.6 Å². The van der Waals surface area contributed by atoms with Crippen molar-refractivity contribution in [2.45, 2.75) is 100.0 Å². The van der Waals surface area contributed by atoms with E-state index >= 15 is 0 Å². The van der Waals surface area contributed by atoms with Crippen molar-refractivity contribution in [2.75, 3.05) is 50.9 Å². The minimum atomic E-state index is -5.65. The fraction of sp³-hybridized carbons (Fsp3) is 0.561. The Labute approximate surface area is 463 Å².